The lowest BCUT2D eigenvalue weighted by atomic mass is 10.1. The Bertz CT molecular complexity index is 92.3. The highest BCUT2D eigenvalue weighted by Crippen LogP contribution is 2.22. The maximum atomic E-state index is 8.36. The second kappa shape index (κ2) is 1.30. The lowest BCUT2D eigenvalue weighted by Crippen LogP contribution is -2.08. The monoisotopic (exact) mass is 99.1 g/mol. The van der Waals surface area contributed by atoms with Crippen molar-refractivity contribution in [3.05, 3.63) is 0 Å². The zero-order valence-electron chi connectivity index (χ0n) is 4.39. The molecule has 0 aromatic rings. The second-order valence-corrected chi connectivity index (χ2v) is 2.09. The van der Waals surface area contributed by atoms with Gasteiger partial charge in [0.2, 0.25) is 0 Å². The summed E-state index contributed by atoms with van der Waals surface area (Å²) in [5.74, 6) is 0. The molecule has 1 heterocycles. The summed E-state index contributed by atoms with van der Waals surface area (Å²) in [6.45, 7) is 2.25. The number of aliphatic hydroxyl groups is 1. The van der Waals surface area contributed by atoms with E-state index in [1.807, 2.05) is 13.1 Å². The lowest BCUT2D eigenvalue weighted by Gasteiger charge is -1.99. The Morgan fingerprint density at radius 1 is 1.86 bits per heavy atom. The van der Waals surface area contributed by atoms with Crippen molar-refractivity contribution >= 4 is 6.21 Å². The first-order valence-electron chi connectivity index (χ1n) is 2.44. The van der Waals surface area contributed by atoms with Crippen LogP contribution in [0.3, 0.4) is 0 Å². The number of hydrogen-bond acceptors (Lipinski definition) is 2. The number of hydrogen-bond donors (Lipinski definition) is 1. The SMILES string of the molecule is CC1(CCO)C=N1. The van der Waals surface area contributed by atoms with Gasteiger partial charge in [0.05, 0.1) is 5.54 Å². The van der Waals surface area contributed by atoms with E-state index in [4.69, 9.17) is 5.11 Å². The minimum absolute atomic E-state index is 0.0503. The molecule has 0 aromatic carbocycles. The van der Waals surface area contributed by atoms with Gasteiger partial charge in [-0.2, -0.15) is 0 Å². The van der Waals surface area contributed by atoms with Crippen LogP contribution in [0.4, 0.5) is 0 Å². The van der Waals surface area contributed by atoms with Crippen LogP contribution < -0.4 is 0 Å². The highest BCUT2D eigenvalue weighted by molar-refractivity contribution is 5.83. The highest BCUT2D eigenvalue weighted by atomic mass is 16.3. The number of nitrogens with zero attached hydrogens (tertiary/aromatic N) is 1. The molecule has 2 nitrogen and oxygen atoms in total. The normalized spacial score (nSPS) is 36.3. The van der Waals surface area contributed by atoms with Crippen molar-refractivity contribution in [1.82, 2.24) is 0 Å². The van der Waals surface area contributed by atoms with Gasteiger partial charge in [0, 0.05) is 19.2 Å². The van der Waals surface area contributed by atoms with Crippen molar-refractivity contribution < 1.29 is 5.11 Å². The summed E-state index contributed by atoms with van der Waals surface area (Å²) in [5, 5.41) is 8.36. The molecule has 1 aliphatic heterocycles. The van der Waals surface area contributed by atoms with Gasteiger partial charge in [0.1, 0.15) is 0 Å². The molecule has 0 aromatic heterocycles. The van der Waals surface area contributed by atoms with Gasteiger partial charge in [-0.15, -0.1) is 0 Å². The zero-order valence-corrected chi connectivity index (χ0v) is 4.39. The van der Waals surface area contributed by atoms with E-state index < -0.39 is 0 Å². The Morgan fingerprint density at radius 2 is 2.43 bits per heavy atom. The average Bonchev–Trinajstić information content (AvgIpc) is 2.22. The van der Waals surface area contributed by atoms with Crippen molar-refractivity contribution in [2.45, 2.75) is 18.9 Å². The molecular weight excluding hydrogens is 90.1 g/mol. The van der Waals surface area contributed by atoms with E-state index in [9.17, 15) is 0 Å². The first kappa shape index (κ1) is 4.78. The summed E-state index contributed by atoms with van der Waals surface area (Å²) < 4.78 is 0. The first-order chi connectivity index (χ1) is 3.27. The van der Waals surface area contributed by atoms with E-state index in [0.29, 0.717) is 0 Å². The molecule has 1 atom stereocenters. The maximum Gasteiger partial charge on any atom is 0.0944 e. The van der Waals surface area contributed by atoms with E-state index >= 15 is 0 Å². The predicted molar refractivity (Wildman–Crippen MR) is 28.6 cm³/mol. The van der Waals surface area contributed by atoms with E-state index in [1.165, 1.54) is 0 Å². The summed E-state index contributed by atoms with van der Waals surface area (Å²) in [4.78, 5) is 3.94. The fraction of sp³-hybridized carbons (Fsp3) is 0.800. The zero-order chi connectivity index (χ0) is 5.33. The van der Waals surface area contributed by atoms with Crippen LogP contribution >= 0.6 is 0 Å². The topological polar surface area (TPSA) is 32.6 Å². The van der Waals surface area contributed by atoms with Gasteiger partial charge in [-0.25, -0.2) is 0 Å². The summed E-state index contributed by atoms with van der Waals surface area (Å²) in [6.07, 6.45) is 2.65. The van der Waals surface area contributed by atoms with E-state index in [-0.39, 0.29) is 12.1 Å². The lowest BCUT2D eigenvalue weighted by molar-refractivity contribution is 0.276. The molecule has 0 amide bonds. The van der Waals surface area contributed by atoms with Crippen molar-refractivity contribution in [1.29, 1.82) is 0 Å². The van der Waals surface area contributed by atoms with Gasteiger partial charge in [0.25, 0.3) is 0 Å². The molecule has 7 heavy (non-hydrogen) atoms. The molecular formula is C5H9NO. The first-order valence-corrected chi connectivity index (χ1v) is 2.44. The molecule has 1 N–H and O–H groups in total. The average molecular weight is 99.1 g/mol. The van der Waals surface area contributed by atoms with Gasteiger partial charge in [-0.3, -0.25) is 4.99 Å². The number of aliphatic hydroxyl groups excluding tert-OH is 1. The number of aliphatic imine (C=N–C) groups is 1. The van der Waals surface area contributed by atoms with Gasteiger partial charge in [-0.1, -0.05) is 0 Å². The van der Waals surface area contributed by atoms with E-state index in [2.05, 4.69) is 4.99 Å². The predicted octanol–water partition coefficient (Wildman–Crippen LogP) is 0.212. The molecule has 0 aliphatic carbocycles. The van der Waals surface area contributed by atoms with Crippen LogP contribution in [-0.4, -0.2) is 23.5 Å². The van der Waals surface area contributed by atoms with Gasteiger partial charge >= 0.3 is 0 Å². The van der Waals surface area contributed by atoms with Crippen molar-refractivity contribution in [3.63, 3.8) is 0 Å². The van der Waals surface area contributed by atoms with Crippen LogP contribution in [-0.2, 0) is 0 Å². The molecule has 1 unspecified atom stereocenters. The minimum Gasteiger partial charge on any atom is -0.396 e. The van der Waals surface area contributed by atoms with Crippen LogP contribution in [0.15, 0.2) is 4.99 Å². The smallest absolute Gasteiger partial charge is 0.0944 e. The van der Waals surface area contributed by atoms with Gasteiger partial charge in [-0.05, 0) is 6.92 Å². The standard InChI is InChI=1S/C5H9NO/c1-5(2-3-7)4-6-5/h4,7H,2-3H2,1H3. The molecule has 1 rings (SSSR count). The van der Waals surface area contributed by atoms with Crippen molar-refractivity contribution in [2.75, 3.05) is 6.61 Å². The summed E-state index contributed by atoms with van der Waals surface area (Å²) in [5.41, 5.74) is 0.0503. The maximum absolute atomic E-state index is 8.36. The molecule has 0 saturated heterocycles. The Hall–Kier alpha value is -0.370. The number of rotatable bonds is 2. The Balaban J connectivity index is 2.16. The van der Waals surface area contributed by atoms with Gasteiger partial charge in [0.15, 0.2) is 0 Å². The van der Waals surface area contributed by atoms with E-state index in [1.54, 1.807) is 0 Å². The van der Waals surface area contributed by atoms with Crippen LogP contribution in [0.25, 0.3) is 0 Å². The quantitative estimate of drug-likeness (QED) is 0.527. The van der Waals surface area contributed by atoms with Crippen LogP contribution in [0, 0.1) is 0 Å². The fourth-order valence-electron chi connectivity index (χ4n) is 0.466. The molecule has 0 bridgehead atoms. The van der Waals surface area contributed by atoms with Crippen molar-refractivity contribution in [2.24, 2.45) is 4.99 Å². The molecule has 0 spiro atoms. The Morgan fingerprint density at radius 3 is 2.57 bits per heavy atom. The van der Waals surface area contributed by atoms with Crippen LogP contribution in [0.5, 0.6) is 0 Å². The third-order valence-electron chi connectivity index (χ3n) is 1.19. The van der Waals surface area contributed by atoms with Crippen LogP contribution in [0.1, 0.15) is 13.3 Å². The largest absolute Gasteiger partial charge is 0.396 e. The summed E-state index contributed by atoms with van der Waals surface area (Å²) in [7, 11) is 0. The molecule has 0 saturated carbocycles. The molecule has 40 valence electrons. The Kier molecular flexibility index (Phi) is 0.889. The van der Waals surface area contributed by atoms with Crippen LogP contribution in [0.2, 0.25) is 0 Å². The summed E-state index contributed by atoms with van der Waals surface area (Å²) >= 11 is 0. The molecule has 0 fully saturated rings. The van der Waals surface area contributed by atoms with Gasteiger partial charge < -0.3 is 5.11 Å². The third-order valence-corrected chi connectivity index (χ3v) is 1.19. The molecule has 2 heteroatoms. The van der Waals surface area contributed by atoms with E-state index in [0.717, 1.165) is 6.42 Å². The van der Waals surface area contributed by atoms with Crippen molar-refractivity contribution in [3.8, 4) is 0 Å². The second-order valence-electron chi connectivity index (χ2n) is 2.09. The summed E-state index contributed by atoms with van der Waals surface area (Å²) in [6, 6.07) is 0. The molecule has 1 aliphatic rings. The third kappa shape index (κ3) is 0.996. The fourth-order valence-corrected chi connectivity index (χ4v) is 0.466. The minimum atomic E-state index is 0.0503. The Labute approximate surface area is 42.9 Å². The molecule has 0 radical (unpaired) electrons. The highest BCUT2D eigenvalue weighted by Gasteiger charge is 2.28.